The van der Waals surface area contributed by atoms with Gasteiger partial charge in [0.1, 0.15) is 5.75 Å². The summed E-state index contributed by atoms with van der Waals surface area (Å²) in [6.07, 6.45) is 1.06. The number of rotatable bonds is 1. The molecule has 1 fully saturated rings. The molecule has 0 radical (unpaired) electrons. The fraction of sp³-hybridized carbons (Fsp3) is 0.333. The molecule has 2 nitrogen and oxygen atoms in total. The van der Waals surface area contributed by atoms with E-state index in [4.69, 9.17) is 11.6 Å². The molecule has 1 saturated heterocycles. The van der Waals surface area contributed by atoms with Gasteiger partial charge in [0.2, 0.25) is 0 Å². The SMILES string of the molecule is Oc1cc(Br)c(Cl)cc1[C@@H]1CCN1. The van der Waals surface area contributed by atoms with Gasteiger partial charge in [0.15, 0.2) is 0 Å². The predicted molar refractivity (Wildman–Crippen MR) is 56.2 cm³/mol. The van der Waals surface area contributed by atoms with Gasteiger partial charge in [-0.05, 0) is 41.0 Å². The maximum atomic E-state index is 9.62. The highest BCUT2D eigenvalue weighted by Crippen LogP contribution is 2.36. The molecule has 1 aromatic carbocycles. The van der Waals surface area contributed by atoms with Crippen LogP contribution in [0.4, 0.5) is 0 Å². The summed E-state index contributed by atoms with van der Waals surface area (Å²) in [6, 6.07) is 3.71. The van der Waals surface area contributed by atoms with Crippen LogP contribution < -0.4 is 5.32 Å². The minimum Gasteiger partial charge on any atom is -0.508 e. The molecule has 1 heterocycles. The summed E-state index contributed by atoms with van der Waals surface area (Å²) in [7, 11) is 0. The van der Waals surface area contributed by atoms with Crippen LogP contribution >= 0.6 is 27.5 Å². The molecule has 0 aromatic heterocycles. The van der Waals surface area contributed by atoms with E-state index in [1.807, 2.05) is 0 Å². The lowest BCUT2D eigenvalue weighted by molar-refractivity contribution is 0.364. The molecule has 0 unspecified atom stereocenters. The Hall–Kier alpha value is -0.250. The van der Waals surface area contributed by atoms with E-state index in [0.29, 0.717) is 10.8 Å². The summed E-state index contributed by atoms with van der Waals surface area (Å²) in [6.45, 7) is 1.01. The second-order valence-electron chi connectivity index (χ2n) is 3.12. The van der Waals surface area contributed by atoms with Crippen LogP contribution in [0.2, 0.25) is 5.02 Å². The zero-order valence-corrected chi connectivity index (χ0v) is 9.19. The quantitative estimate of drug-likeness (QED) is 0.816. The number of aromatic hydroxyl groups is 1. The maximum Gasteiger partial charge on any atom is 0.121 e. The number of nitrogens with one attached hydrogen (secondary N) is 1. The van der Waals surface area contributed by atoms with Crippen LogP contribution in [0.1, 0.15) is 18.0 Å². The Morgan fingerprint density at radius 1 is 1.54 bits per heavy atom. The predicted octanol–water partition coefficient (Wildman–Crippen LogP) is 2.84. The highest BCUT2D eigenvalue weighted by atomic mass is 79.9. The molecular weight excluding hydrogens is 253 g/mol. The van der Waals surface area contributed by atoms with E-state index in [1.165, 1.54) is 0 Å². The first-order chi connectivity index (χ1) is 6.18. The molecule has 1 atom stereocenters. The van der Waals surface area contributed by atoms with Gasteiger partial charge < -0.3 is 10.4 Å². The Kier molecular flexibility index (Phi) is 2.49. The normalized spacial score (nSPS) is 21.2. The number of benzene rings is 1. The molecule has 0 aliphatic carbocycles. The lowest BCUT2D eigenvalue weighted by Gasteiger charge is -2.28. The van der Waals surface area contributed by atoms with Gasteiger partial charge in [0, 0.05) is 16.1 Å². The van der Waals surface area contributed by atoms with Gasteiger partial charge >= 0.3 is 0 Å². The number of phenolic OH excluding ortho intramolecular Hbond substituents is 1. The fourth-order valence-electron chi connectivity index (χ4n) is 1.38. The number of hydrogen-bond donors (Lipinski definition) is 2. The van der Waals surface area contributed by atoms with Crippen LogP contribution in [0, 0.1) is 0 Å². The van der Waals surface area contributed by atoms with Gasteiger partial charge in [-0.25, -0.2) is 0 Å². The van der Waals surface area contributed by atoms with E-state index in [-0.39, 0.29) is 6.04 Å². The Morgan fingerprint density at radius 3 is 2.77 bits per heavy atom. The second kappa shape index (κ2) is 3.48. The van der Waals surface area contributed by atoms with Crippen molar-refractivity contribution >= 4 is 27.5 Å². The van der Waals surface area contributed by atoms with Crippen molar-refractivity contribution in [3.63, 3.8) is 0 Å². The molecule has 0 saturated carbocycles. The molecule has 2 rings (SSSR count). The Balaban J connectivity index is 2.39. The van der Waals surface area contributed by atoms with Gasteiger partial charge in [-0.1, -0.05) is 11.6 Å². The van der Waals surface area contributed by atoms with Crippen molar-refractivity contribution in [1.82, 2.24) is 5.32 Å². The van der Waals surface area contributed by atoms with Gasteiger partial charge in [-0.2, -0.15) is 0 Å². The Morgan fingerprint density at radius 2 is 2.23 bits per heavy atom. The third-order valence-corrected chi connectivity index (χ3v) is 3.47. The van der Waals surface area contributed by atoms with Crippen LogP contribution in [0.5, 0.6) is 5.75 Å². The highest BCUT2D eigenvalue weighted by Gasteiger charge is 2.22. The number of phenols is 1. The van der Waals surface area contributed by atoms with Crippen LogP contribution in [0.3, 0.4) is 0 Å². The van der Waals surface area contributed by atoms with Crippen molar-refractivity contribution in [2.45, 2.75) is 12.5 Å². The first kappa shape index (κ1) is 9.31. The molecule has 0 amide bonds. The summed E-state index contributed by atoms with van der Waals surface area (Å²) in [5.74, 6) is 0.300. The summed E-state index contributed by atoms with van der Waals surface area (Å²) in [5.41, 5.74) is 0.888. The van der Waals surface area contributed by atoms with E-state index in [9.17, 15) is 5.11 Å². The van der Waals surface area contributed by atoms with Gasteiger partial charge in [0.05, 0.1) is 5.02 Å². The summed E-state index contributed by atoms with van der Waals surface area (Å²) >= 11 is 9.18. The van der Waals surface area contributed by atoms with E-state index < -0.39 is 0 Å². The first-order valence-electron chi connectivity index (χ1n) is 4.10. The molecule has 70 valence electrons. The summed E-state index contributed by atoms with van der Waals surface area (Å²) < 4.78 is 0.731. The number of halogens is 2. The lowest BCUT2D eigenvalue weighted by atomic mass is 9.97. The third kappa shape index (κ3) is 1.68. The van der Waals surface area contributed by atoms with Crippen LogP contribution in [0.25, 0.3) is 0 Å². The molecule has 0 bridgehead atoms. The van der Waals surface area contributed by atoms with Crippen molar-refractivity contribution in [3.05, 3.63) is 27.2 Å². The van der Waals surface area contributed by atoms with Crippen molar-refractivity contribution in [1.29, 1.82) is 0 Å². The first-order valence-corrected chi connectivity index (χ1v) is 5.27. The minimum atomic E-state index is 0.269. The van der Waals surface area contributed by atoms with Crippen LogP contribution in [-0.4, -0.2) is 11.7 Å². The minimum absolute atomic E-state index is 0.269. The topological polar surface area (TPSA) is 32.3 Å². The van der Waals surface area contributed by atoms with Gasteiger partial charge in [-0.3, -0.25) is 0 Å². The third-order valence-electron chi connectivity index (χ3n) is 2.27. The largest absolute Gasteiger partial charge is 0.508 e. The van der Waals surface area contributed by atoms with E-state index >= 15 is 0 Å². The van der Waals surface area contributed by atoms with E-state index in [2.05, 4.69) is 21.2 Å². The molecule has 13 heavy (non-hydrogen) atoms. The van der Waals surface area contributed by atoms with Crippen molar-refractivity contribution in [3.8, 4) is 5.75 Å². The summed E-state index contributed by atoms with van der Waals surface area (Å²) in [4.78, 5) is 0. The van der Waals surface area contributed by atoms with Gasteiger partial charge in [-0.15, -0.1) is 0 Å². The second-order valence-corrected chi connectivity index (χ2v) is 4.38. The smallest absolute Gasteiger partial charge is 0.121 e. The van der Waals surface area contributed by atoms with Crippen molar-refractivity contribution in [2.24, 2.45) is 0 Å². The molecular formula is C9H9BrClNO. The maximum absolute atomic E-state index is 9.62. The Labute approximate surface area is 90.0 Å². The molecule has 2 N–H and O–H groups in total. The van der Waals surface area contributed by atoms with E-state index in [1.54, 1.807) is 12.1 Å². The summed E-state index contributed by atoms with van der Waals surface area (Å²) in [5, 5.41) is 13.5. The van der Waals surface area contributed by atoms with Crippen LogP contribution in [-0.2, 0) is 0 Å². The molecule has 1 aliphatic heterocycles. The zero-order chi connectivity index (χ0) is 9.42. The van der Waals surface area contributed by atoms with Crippen molar-refractivity contribution < 1.29 is 5.11 Å². The van der Waals surface area contributed by atoms with E-state index in [0.717, 1.165) is 23.0 Å². The number of hydrogen-bond acceptors (Lipinski definition) is 2. The lowest BCUT2D eigenvalue weighted by Crippen LogP contribution is -2.34. The Bertz CT molecular complexity index is 339. The molecule has 1 aliphatic rings. The standard InChI is InChI=1S/C9H9BrClNO/c10-6-4-9(13)5(3-7(6)11)8-1-2-12-8/h3-4,8,12-13H,1-2H2/t8-/m0/s1. The van der Waals surface area contributed by atoms with Crippen LogP contribution in [0.15, 0.2) is 16.6 Å². The molecule has 4 heteroatoms. The zero-order valence-electron chi connectivity index (χ0n) is 6.85. The molecule has 0 spiro atoms. The molecule has 1 aromatic rings. The van der Waals surface area contributed by atoms with Crippen molar-refractivity contribution in [2.75, 3.05) is 6.54 Å². The average Bonchev–Trinajstić information content (AvgIpc) is 1.96. The average molecular weight is 263 g/mol. The van der Waals surface area contributed by atoms with Gasteiger partial charge in [0.25, 0.3) is 0 Å². The fourth-order valence-corrected chi connectivity index (χ4v) is 1.89. The monoisotopic (exact) mass is 261 g/mol. The highest BCUT2D eigenvalue weighted by molar-refractivity contribution is 9.10.